The third kappa shape index (κ3) is 2.96. The second-order valence-corrected chi connectivity index (χ2v) is 7.24. The largest absolute Gasteiger partial charge is 0.289 e. The van der Waals surface area contributed by atoms with Gasteiger partial charge < -0.3 is 0 Å². The summed E-state index contributed by atoms with van der Waals surface area (Å²) >= 11 is 6.49. The van der Waals surface area contributed by atoms with Crippen LogP contribution in [-0.2, 0) is 6.54 Å². The molecule has 1 saturated heterocycles. The number of rotatable bonds is 3. The molecule has 0 aliphatic carbocycles. The van der Waals surface area contributed by atoms with Crippen molar-refractivity contribution in [2.24, 2.45) is 0 Å². The minimum Gasteiger partial charge on any atom is -0.289 e. The molecule has 2 aromatic rings. The van der Waals surface area contributed by atoms with Gasteiger partial charge in [0, 0.05) is 23.7 Å². The van der Waals surface area contributed by atoms with E-state index in [0.717, 1.165) is 18.0 Å². The molecule has 118 valence electrons. The topological polar surface area (TPSA) is 3.24 Å². The Morgan fingerprint density at radius 3 is 2.65 bits per heavy atom. The predicted octanol–water partition coefficient (Wildman–Crippen LogP) is 5.47. The molecule has 0 N–H and O–H groups in total. The van der Waals surface area contributed by atoms with Gasteiger partial charge >= 0.3 is 0 Å². The van der Waals surface area contributed by atoms with E-state index in [1.807, 2.05) is 0 Å². The van der Waals surface area contributed by atoms with Crippen LogP contribution in [-0.4, -0.2) is 17.0 Å². The molecule has 2 unspecified atom stereocenters. The Balaban J connectivity index is 1.59. The van der Waals surface area contributed by atoms with Crippen LogP contribution in [0.25, 0.3) is 5.57 Å². The Hall–Kier alpha value is -1.57. The van der Waals surface area contributed by atoms with Crippen LogP contribution in [0.15, 0.2) is 54.6 Å². The maximum Gasteiger partial charge on any atom is 0.0483 e. The number of fused-ring (bicyclic) bond motifs is 2. The normalized spacial score (nSPS) is 23.8. The number of halogens is 1. The van der Waals surface area contributed by atoms with E-state index >= 15 is 0 Å². The highest BCUT2D eigenvalue weighted by Crippen LogP contribution is 2.41. The van der Waals surface area contributed by atoms with Gasteiger partial charge in [-0.3, -0.25) is 4.90 Å². The lowest BCUT2D eigenvalue weighted by atomic mass is 9.93. The van der Waals surface area contributed by atoms with E-state index < -0.39 is 0 Å². The molecule has 4 rings (SSSR count). The van der Waals surface area contributed by atoms with E-state index in [9.17, 15) is 0 Å². The van der Waals surface area contributed by atoms with Crippen molar-refractivity contribution in [2.75, 3.05) is 0 Å². The van der Waals surface area contributed by atoms with Crippen LogP contribution < -0.4 is 0 Å². The van der Waals surface area contributed by atoms with Crippen LogP contribution in [0.1, 0.15) is 36.0 Å². The summed E-state index contributed by atoms with van der Waals surface area (Å²) < 4.78 is 0. The molecule has 0 spiro atoms. The molecule has 2 aliphatic heterocycles. The SMILES string of the molecule is Cc1ccc(C2=CC3CCC(C2)N3Cc2ccccc2)c(Cl)c1. The van der Waals surface area contributed by atoms with Crippen LogP contribution in [0.4, 0.5) is 0 Å². The van der Waals surface area contributed by atoms with Gasteiger partial charge in [-0.05, 0) is 54.5 Å². The molecule has 0 radical (unpaired) electrons. The second-order valence-electron chi connectivity index (χ2n) is 6.84. The Morgan fingerprint density at radius 2 is 1.91 bits per heavy atom. The van der Waals surface area contributed by atoms with Gasteiger partial charge in [0.25, 0.3) is 0 Å². The fourth-order valence-corrected chi connectivity index (χ4v) is 4.40. The predicted molar refractivity (Wildman–Crippen MR) is 97.6 cm³/mol. The van der Waals surface area contributed by atoms with Crippen molar-refractivity contribution in [2.45, 2.75) is 44.8 Å². The molecule has 2 heteroatoms. The van der Waals surface area contributed by atoms with E-state index in [-0.39, 0.29) is 0 Å². The van der Waals surface area contributed by atoms with Crippen LogP contribution in [0.2, 0.25) is 5.02 Å². The Kier molecular flexibility index (Phi) is 4.00. The minimum absolute atomic E-state index is 0.557. The fraction of sp³-hybridized carbons (Fsp3) is 0.333. The van der Waals surface area contributed by atoms with E-state index in [2.05, 4.69) is 66.4 Å². The molecule has 2 aliphatic rings. The molecule has 1 fully saturated rings. The summed E-state index contributed by atoms with van der Waals surface area (Å²) in [6.07, 6.45) is 6.14. The summed E-state index contributed by atoms with van der Waals surface area (Å²) in [5.74, 6) is 0. The summed E-state index contributed by atoms with van der Waals surface area (Å²) in [5, 5.41) is 0.896. The van der Waals surface area contributed by atoms with Crippen molar-refractivity contribution in [3.8, 4) is 0 Å². The van der Waals surface area contributed by atoms with E-state index in [4.69, 9.17) is 11.6 Å². The molecule has 2 aromatic carbocycles. The lowest BCUT2D eigenvalue weighted by Crippen LogP contribution is -2.37. The third-order valence-electron chi connectivity index (χ3n) is 5.22. The first-order valence-corrected chi connectivity index (χ1v) is 8.85. The zero-order chi connectivity index (χ0) is 15.8. The molecule has 23 heavy (non-hydrogen) atoms. The molecule has 2 bridgehead atoms. The third-order valence-corrected chi connectivity index (χ3v) is 5.53. The summed E-state index contributed by atoms with van der Waals surface area (Å²) in [7, 11) is 0. The minimum atomic E-state index is 0.557. The summed E-state index contributed by atoms with van der Waals surface area (Å²) in [5.41, 5.74) is 5.30. The van der Waals surface area contributed by atoms with Crippen molar-refractivity contribution >= 4 is 17.2 Å². The van der Waals surface area contributed by atoms with Crippen molar-refractivity contribution in [3.63, 3.8) is 0 Å². The zero-order valence-corrected chi connectivity index (χ0v) is 14.3. The van der Waals surface area contributed by atoms with Gasteiger partial charge in [0.15, 0.2) is 0 Å². The van der Waals surface area contributed by atoms with Gasteiger partial charge in [-0.1, -0.05) is 60.1 Å². The van der Waals surface area contributed by atoms with E-state index in [0.29, 0.717) is 12.1 Å². The first kappa shape index (κ1) is 15.0. The number of aryl methyl sites for hydroxylation is 1. The first-order valence-electron chi connectivity index (χ1n) is 8.47. The van der Waals surface area contributed by atoms with Gasteiger partial charge in [-0.15, -0.1) is 0 Å². The van der Waals surface area contributed by atoms with Crippen molar-refractivity contribution in [3.05, 3.63) is 76.3 Å². The van der Waals surface area contributed by atoms with Crippen LogP contribution in [0.5, 0.6) is 0 Å². The second kappa shape index (κ2) is 6.14. The summed E-state index contributed by atoms with van der Waals surface area (Å²) in [4.78, 5) is 2.67. The molecule has 0 aromatic heterocycles. The fourth-order valence-electron chi connectivity index (χ4n) is 4.04. The average Bonchev–Trinajstić information content (AvgIpc) is 2.78. The van der Waals surface area contributed by atoms with Crippen molar-refractivity contribution in [1.82, 2.24) is 4.90 Å². The number of hydrogen-bond donors (Lipinski definition) is 0. The lowest BCUT2D eigenvalue weighted by molar-refractivity contribution is 0.203. The molecular formula is C21H22ClN. The molecule has 2 atom stereocenters. The number of hydrogen-bond acceptors (Lipinski definition) is 1. The average molecular weight is 324 g/mol. The zero-order valence-electron chi connectivity index (χ0n) is 13.5. The maximum atomic E-state index is 6.49. The number of benzene rings is 2. The van der Waals surface area contributed by atoms with E-state index in [1.54, 1.807) is 0 Å². The molecule has 0 amide bonds. The first-order chi connectivity index (χ1) is 11.2. The molecule has 1 nitrogen and oxygen atoms in total. The van der Waals surface area contributed by atoms with Gasteiger partial charge in [0.05, 0.1) is 0 Å². The smallest absolute Gasteiger partial charge is 0.0483 e. The van der Waals surface area contributed by atoms with Crippen LogP contribution in [0.3, 0.4) is 0 Å². The van der Waals surface area contributed by atoms with Crippen molar-refractivity contribution < 1.29 is 0 Å². The highest BCUT2D eigenvalue weighted by Gasteiger charge is 2.36. The molecule has 0 saturated carbocycles. The monoisotopic (exact) mass is 323 g/mol. The van der Waals surface area contributed by atoms with Gasteiger partial charge in [-0.25, -0.2) is 0 Å². The lowest BCUT2D eigenvalue weighted by Gasteiger charge is -2.34. The quantitative estimate of drug-likeness (QED) is 0.724. The maximum absolute atomic E-state index is 6.49. The Labute approximate surface area is 143 Å². The van der Waals surface area contributed by atoms with Crippen molar-refractivity contribution in [1.29, 1.82) is 0 Å². The summed E-state index contributed by atoms with van der Waals surface area (Å²) in [6, 6.07) is 18.5. The van der Waals surface area contributed by atoms with Crippen LogP contribution >= 0.6 is 11.6 Å². The van der Waals surface area contributed by atoms with Gasteiger partial charge in [-0.2, -0.15) is 0 Å². The highest BCUT2D eigenvalue weighted by atomic mass is 35.5. The van der Waals surface area contributed by atoms with Gasteiger partial charge in [0.2, 0.25) is 0 Å². The number of nitrogens with zero attached hydrogens (tertiary/aromatic N) is 1. The molecular weight excluding hydrogens is 302 g/mol. The Morgan fingerprint density at radius 1 is 1.09 bits per heavy atom. The van der Waals surface area contributed by atoms with Crippen LogP contribution in [0, 0.1) is 6.92 Å². The standard InChI is InChI=1S/C21H22ClN/c1-15-7-10-20(21(22)11-15)17-12-18-8-9-19(13-17)23(18)14-16-5-3-2-4-6-16/h2-7,10-12,18-19H,8-9,13-14H2,1H3. The highest BCUT2D eigenvalue weighted by molar-refractivity contribution is 6.32. The summed E-state index contributed by atoms with van der Waals surface area (Å²) in [6.45, 7) is 3.15. The Bertz CT molecular complexity index is 735. The molecule has 2 heterocycles. The van der Waals surface area contributed by atoms with E-state index in [1.165, 1.54) is 35.1 Å². The van der Waals surface area contributed by atoms with Gasteiger partial charge in [0.1, 0.15) is 0 Å².